The minimum atomic E-state index is -2.69. The predicted octanol–water partition coefficient (Wildman–Crippen LogP) is 3.28. The van der Waals surface area contributed by atoms with Gasteiger partial charge in [-0.3, -0.25) is 0 Å². The highest BCUT2D eigenvalue weighted by atomic mass is 35.5. The van der Waals surface area contributed by atoms with E-state index in [2.05, 4.69) is 42.4 Å². The van der Waals surface area contributed by atoms with Crippen LogP contribution in [0.25, 0.3) is 0 Å². The van der Waals surface area contributed by atoms with Gasteiger partial charge in [0.15, 0.2) is 5.82 Å². The number of nitrogens with zero attached hydrogens (tertiary/aromatic N) is 3. The van der Waals surface area contributed by atoms with E-state index in [1.807, 2.05) is 30.3 Å². The van der Waals surface area contributed by atoms with Crippen molar-refractivity contribution in [3.05, 3.63) is 70.4 Å². The first kappa shape index (κ1) is 25.3. The summed E-state index contributed by atoms with van der Waals surface area (Å²) in [6, 6.07) is 13.7. The Hall–Kier alpha value is -2.76. The van der Waals surface area contributed by atoms with E-state index in [9.17, 15) is 8.42 Å². The third-order valence-electron chi connectivity index (χ3n) is 5.88. The third-order valence-corrected chi connectivity index (χ3v) is 6.57. The molecule has 0 bridgehead atoms. The number of aromatic nitrogens is 2. The Morgan fingerprint density at radius 2 is 1.89 bits per heavy atom. The lowest BCUT2D eigenvalue weighted by Crippen LogP contribution is -2.29. The maximum atomic E-state index is 10.9. The maximum Gasteiger partial charge on any atom is 0.229 e. The van der Waals surface area contributed by atoms with E-state index in [4.69, 9.17) is 16.3 Å². The molecule has 4 rings (SSSR count). The number of thiol groups is 1. The topological polar surface area (TPSA) is 108 Å². The first-order valence-electron chi connectivity index (χ1n) is 11.4. The molecule has 0 unspecified atom stereocenters. The van der Waals surface area contributed by atoms with Gasteiger partial charge in [-0.1, -0.05) is 35.9 Å². The molecule has 0 radical (unpaired) electrons. The number of hydrogen-bond donors (Lipinski definition) is 4. The second kappa shape index (κ2) is 12.3. The molecule has 0 atom stereocenters. The number of nitrogens with one attached hydrogen (secondary N) is 3. The van der Waals surface area contributed by atoms with Gasteiger partial charge in [-0.2, -0.15) is 4.98 Å². The molecule has 0 aliphatic carbocycles. The Labute approximate surface area is 212 Å². The maximum absolute atomic E-state index is 10.9. The molecule has 2 heterocycles. The molecule has 0 spiro atoms. The molecule has 0 fully saturated rings. The van der Waals surface area contributed by atoms with Crippen LogP contribution in [0.2, 0.25) is 5.02 Å². The van der Waals surface area contributed by atoms with Gasteiger partial charge >= 0.3 is 0 Å². The van der Waals surface area contributed by atoms with Crippen molar-refractivity contribution in [1.29, 1.82) is 0 Å². The Bertz CT molecular complexity index is 1230. The average Bonchev–Trinajstić information content (AvgIpc) is 3.06. The van der Waals surface area contributed by atoms with Crippen LogP contribution in [0.1, 0.15) is 16.7 Å². The van der Waals surface area contributed by atoms with E-state index in [0.717, 1.165) is 50.3 Å². The summed E-state index contributed by atoms with van der Waals surface area (Å²) in [7, 11) is -0.959. The fourth-order valence-corrected chi connectivity index (χ4v) is 4.45. The molecule has 0 saturated carbocycles. The van der Waals surface area contributed by atoms with Gasteiger partial charge in [0.05, 0.1) is 12.8 Å². The molecule has 0 amide bonds. The first-order chi connectivity index (χ1) is 17.0. The monoisotopic (exact) mass is 516 g/mol. The van der Waals surface area contributed by atoms with Crippen LogP contribution in [0.15, 0.2) is 48.7 Å². The molecule has 1 aliphatic rings. The lowest BCUT2D eigenvalue weighted by atomic mass is 10.0. The highest BCUT2D eigenvalue weighted by molar-refractivity contribution is 7.70. The lowest BCUT2D eigenvalue weighted by molar-refractivity contribution is 0.150. The summed E-state index contributed by atoms with van der Waals surface area (Å²) < 4.78 is 29.5. The van der Waals surface area contributed by atoms with Crippen LogP contribution in [0, 0.1) is 0 Å². The standard InChI is InChI=1S/C24H29ClN6O3S/c1-34-13-12-31-10-8-17-6-7-20(14-18(17)9-11-31)28-24-26-16-21(25)23(30-24)29-22-5-3-2-4-19(22)15-27-35(32)33/h2-7,14,16,35H,8-13,15H2,1H3,(H,27,32,33)(H2,26,28,29,30). The molecule has 9 nitrogen and oxygen atoms in total. The second-order valence-corrected chi connectivity index (χ2v) is 9.44. The van der Waals surface area contributed by atoms with Gasteiger partial charge < -0.3 is 20.3 Å². The Morgan fingerprint density at radius 3 is 2.69 bits per heavy atom. The molecule has 2 aromatic carbocycles. The highest BCUT2D eigenvalue weighted by Gasteiger charge is 2.15. The van der Waals surface area contributed by atoms with E-state index in [0.29, 0.717) is 22.5 Å². The molecule has 1 aromatic heterocycles. The quantitative estimate of drug-likeness (QED) is 0.304. The molecule has 11 heteroatoms. The number of para-hydroxylation sites is 1. The first-order valence-corrected chi connectivity index (χ1v) is 12.9. The smallest absolute Gasteiger partial charge is 0.229 e. The fourth-order valence-electron chi connectivity index (χ4n) is 4.01. The minimum Gasteiger partial charge on any atom is -0.383 e. The van der Waals surface area contributed by atoms with Crippen molar-refractivity contribution < 1.29 is 13.2 Å². The summed E-state index contributed by atoms with van der Waals surface area (Å²) >= 11 is 6.35. The van der Waals surface area contributed by atoms with Gasteiger partial charge in [-0.25, -0.2) is 18.1 Å². The van der Waals surface area contributed by atoms with E-state index in [1.54, 1.807) is 7.11 Å². The molecular formula is C24H29ClN6O3S. The minimum absolute atomic E-state index is 0.160. The number of anilines is 4. The summed E-state index contributed by atoms with van der Waals surface area (Å²) in [6.45, 7) is 3.88. The van der Waals surface area contributed by atoms with Gasteiger partial charge in [-0.15, -0.1) is 0 Å². The molecule has 0 saturated heterocycles. The lowest BCUT2D eigenvalue weighted by Gasteiger charge is -2.18. The zero-order chi connectivity index (χ0) is 24.6. The number of methoxy groups -OCH3 is 1. The van der Waals surface area contributed by atoms with Crippen molar-refractivity contribution in [2.24, 2.45) is 0 Å². The van der Waals surface area contributed by atoms with Crippen molar-refractivity contribution >= 4 is 45.6 Å². The summed E-state index contributed by atoms with van der Waals surface area (Å²) in [5, 5.41) is 6.83. The normalized spacial score (nSPS) is 13.9. The van der Waals surface area contributed by atoms with Gasteiger partial charge in [-0.05, 0) is 47.7 Å². The summed E-state index contributed by atoms with van der Waals surface area (Å²) in [4.78, 5) is 11.3. The van der Waals surface area contributed by atoms with Crippen LogP contribution >= 0.6 is 11.6 Å². The highest BCUT2D eigenvalue weighted by Crippen LogP contribution is 2.28. The number of benzene rings is 2. The van der Waals surface area contributed by atoms with E-state index < -0.39 is 10.9 Å². The van der Waals surface area contributed by atoms with Crippen molar-refractivity contribution in [2.75, 3.05) is 44.0 Å². The molecule has 186 valence electrons. The van der Waals surface area contributed by atoms with Crippen molar-refractivity contribution in [3.8, 4) is 0 Å². The van der Waals surface area contributed by atoms with E-state index in [1.165, 1.54) is 17.3 Å². The van der Waals surface area contributed by atoms with Gasteiger partial charge in [0.1, 0.15) is 5.02 Å². The van der Waals surface area contributed by atoms with Crippen LogP contribution < -0.4 is 15.4 Å². The number of ether oxygens (including phenoxy) is 1. The molecule has 3 N–H and O–H groups in total. The van der Waals surface area contributed by atoms with Gasteiger partial charge in [0.25, 0.3) is 0 Å². The molecule has 35 heavy (non-hydrogen) atoms. The summed E-state index contributed by atoms with van der Waals surface area (Å²) in [6.07, 6.45) is 3.52. The molecule has 1 aliphatic heterocycles. The number of rotatable bonds is 10. The zero-order valence-corrected chi connectivity index (χ0v) is 21.1. The molecule has 3 aromatic rings. The number of halogens is 1. The number of fused-ring (bicyclic) bond motifs is 1. The van der Waals surface area contributed by atoms with Crippen molar-refractivity contribution in [1.82, 2.24) is 19.6 Å². The Kier molecular flexibility index (Phi) is 8.89. The van der Waals surface area contributed by atoms with Crippen LogP contribution in [-0.2, 0) is 35.0 Å². The third kappa shape index (κ3) is 7.12. The van der Waals surface area contributed by atoms with Crippen molar-refractivity contribution in [2.45, 2.75) is 19.4 Å². The molecular weight excluding hydrogens is 488 g/mol. The summed E-state index contributed by atoms with van der Waals surface area (Å²) in [5.41, 5.74) is 5.05. The fraction of sp³-hybridized carbons (Fsp3) is 0.333. The predicted molar refractivity (Wildman–Crippen MR) is 139 cm³/mol. The largest absolute Gasteiger partial charge is 0.383 e. The Morgan fingerprint density at radius 1 is 1.09 bits per heavy atom. The van der Waals surface area contributed by atoms with Crippen LogP contribution in [0.5, 0.6) is 0 Å². The van der Waals surface area contributed by atoms with Crippen LogP contribution in [-0.4, -0.2) is 56.6 Å². The average molecular weight is 517 g/mol. The summed E-state index contributed by atoms with van der Waals surface area (Å²) in [5.74, 6) is 0.831. The Balaban J connectivity index is 1.47. The van der Waals surface area contributed by atoms with E-state index in [-0.39, 0.29) is 6.54 Å². The van der Waals surface area contributed by atoms with Gasteiger partial charge in [0, 0.05) is 44.7 Å². The van der Waals surface area contributed by atoms with Crippen LogP contribution in [0.4, 0.5) is 23.1 Å². The SMILES string of the molecule is COCCN1CCc2ccc(Nc3ncc(Cl)c(Nc4ccccc4CN[SH](=O)=O)n3)cc2CC1. The number of hydrogen-bond acceptors (Lipinski definition) is 8. The van der Waals surface area contributed by atoms with Crippen molar-refractivity contribution in [3.63, 3.8) is 0 Å². The second-order valence-electron chi connectivity index (χ2n) is 8.21. The van der Waals surface area contributed by atoms with Crippen LogP contribution in [0.3, 0.4) is 0 Å². The van der Waals surface area contributed by atoms with Gasteiger partial charge in [0.2, 0.25) is 16.8 Å². The van der Waals surface area contributed by atoms with E-state index >= 15 is 0 Å². The zero-order valence-electron chi connectivity index (χ0n) is 19.5.